The molecule has 2 aliphatic heterocycles. The predicted molar refractivity (Wildman–Crippen MR) is 110 cm³/mol. The number of fused-ring (bicyclic) bond motifs is 4. The molecule has 144 valence electrons. The number of benzene rings is 1. The predicted octanol–water partition coefficient (Wildman–Crippen LogP) is 4.26. The van der Waals surface area contributed by atoms with Crippen LogP contribution in [0.5, 0.6) is 0 Å². The average molecular weight is 387 g/mol. The summed E-state index contributed by atoms with van der Waals surface area (Å²) in [4.78, 5) is 2.37. The molecule has 27 heavy (non-hydrogen) atoms. The summed E-state index contributed by atoms with van der Waals surface area (Å²) in [6.45, 7) is 6.90. The van der Waals surface area contributed by atoms with Gasteiger partial charge in [0, 0.05) is 30.1 Å². The molecule has 1 aromatic heterocycles. The van der Waals surface area contributed by atoms with Crippen LogP contribution in [-0.4, -0.2) is 24.0 Å². The van der Waals surface area contributed by atoms with Gasteiger partial charge >= 0.3 is 0 Å². The van der Waals surface area contributed by atoms with Gasteiger partial charge in [-0.2, -0.15) is 0 Å². The molecule has 5 nitrogen and oxygen atoms in total. The van der Waals surface area contributed by atoms with Crippen LogP contribution in [-0.2, 0) is 12.1 Å². The van der Waals surface area contributed by atoms with E-state index in [1.165, 1.54) is 24.8 Å². The third-order valence-electron chi connectivity index (χ3n) is 6.35. The first-order valence-corrected chi connectivity index (χ1v) is 10.4. The molecule has 1 aromatic carbocycles. The first kappa shape index (κ1) is 17.4. The minimum absolute atomic E-state index is 0.135. The van der Waals surface area contributed by atoms with E-state index in [9.17, 15) is 0 Å². The monoisotopic (exact) mass is 386 g/mol. The Balaban J connectivity index is 1.61. The number of anilines is 1. The molecule has 6 heteroatoms. The van der Waals surface area contributed by atoms with E-state index in [4.69, 9.17) is 21.8 Å². The molecule has 5 rings (SSSR count). The van der Waals surface area contributed by atoms with Crippen molar-refractivity contribution in [2.24, 2.45) is 5.73 Å². The minimum Gasteiger partial charge on any atom is -0.459 e. The summed E-state index contributed by atoms with van der Waals surface area (Å²) in [5, 5.41) is 8.82. The van der Waals surface area contributed by atoms with Gasteiger partial charge in [-0.3, -0.25) is 4.90 Å². The van der Waals surface area contributed by atoms with Gasteiger partial charge in [0.2, 0.25) is 0 Å². The van der Waals surface area contributed by atoms with Crippen LogP contribution in [0.3, 0.4) is 0 Å². The van der Waals surface area contributed by atoms with E-state index in [1.54, 1.807) is 0 Å². The summed E-state index contributed by atoms with van der Waals surface area (Å²) < 4.78 is 6.43. The van der Waals surface area contributed by atoms with Gasteiger partial charge < -0.3 is 20.8 Å². The Kier molecular flexibility index (Phi) is 4.15. The maximum atomic E-state index is 6.69. The van der Waals surface area contributed by atoms with Crippen molar-refractivity contribution in [3.05, 3.63) is 40.9 Å². The van der Waals surface area contributed by atoms with E-state index in [0.29, 0.717) is 0 Å². The molecular formula is C21H27ClN4O. The van der Waals surface area contributed by atoms with Crippen LogP contribution in [0.2, 0.25) is 5.02 Å². The minimum atomic E-state index is -0.135. The normalized spacial score (nSPS) is 24.8. The van der Waals surface area contributed by atoms with Crippen molar-refractivity contribution in [1.29, 1.82) is 0 Å². The lowest BCUT2D eigenvalue weighted by molar-refractivity contribution is 0.249. The molecule has 1 saturated carbocycles. The lowest BCUT2D eigenvalue weighted by Crippen LogP contribution is -2.48. The van der Waals surface area contributed by atoms with E-state index >= 15 is 0 Å². The van der Waals surface area contributed by atoms with Crippen LogP contribution in [0.15, 0.2) is 28.9 Å². The smallest absolute Gasteiger partial charge is 0.142 e. The van der Waals surface area contributed by atoms with Gasteiger partial charge in [-0.25, -0.2) is 0 Å². The van der Waals surface area contributed by atoms with Crippen molar-refractivity contribution < 1.29 is 4.42 Å². The number of nitrogens with one attached hydrogen (secondary N) is 2. The number of rotatable bonds is 2. The van der Waals surface area contributed by atoms with Crippen molar-refractivity contribution >= 4 is 28.3 Å². The Morgan fingerprint density at radius 3 is 2.85 bits per heavy atom. The number of nitrogens with two attached hydrogens (primary N) is 1. The van der Waals surface area contributed by atoms with Gasteiger partial charge in [-0.1, -0.05) is 37.4 Å². The van der Waals surface area contributed by atoms with Crippen LogP contribution in [0.25, 0.3) is 11.0 Å². The van der Waals surface area contributed by atoms with Gasteiger partial charge in [0.15, 0.2) is 0 Å². The maximum absolute atomic E-state index is 6.69. The lowest BCUT2D eigenvalue weighted by Gasteiger charge is -2.44. The summed E-state index contributed by atoms with van der Waals surface area (Å²) in [6.07, 6.45) is 6.89. The first-order chi connectivity index (χ1) is 13.0. The second-order valence-corrected chi connectivity index (χ2v) is 8.80. The number of nitrogens with zero attached hydrogens (tertiary/aromatic N) is 1. The molecule has 1 saturated heterocycles. The van der Waals surface area contributed by atoms with Crippen LogP contribution < -0.4 is 16.4 Å². The summed E-state index contributed by atoms with van der Waals surface area (Å²) >= 11 is 6.69. The second kappa shape index (κ2) is 6.43. The molecule has 3 heterocycles. The molecule has 1 aliphatic carbocycles. The van der Waals surface area contributed by atoms with Gasteiger partial charge in [0.05, 0.1) is 28.6 Å². The van der Waals surface area contributed by atoms with Gasteiger partial charge in [-0.05, 0) is 31.4 Å². The molecular weight excluding hydrogens is 360 g/mol. The van der Waals surface area contributed by atoms with E-state index in [0.717, 1.165) is 72.2 Å². The van der Waals surface area contributed by atoms with E-state index < -0.39 is 0 Å². The largest absolute Gasteiger partial charge is 0.459 e. The molecule has 1 unspecified atom stereocenters. The van der Waals surface area contributed by atoms with Crippen molar-refractivity contribution in [3.8, 4) is 0 Å². The highest BCUT2D eigenvalue weighted by Gasteiger charge is 2.42. The number of halogens is 1. The molecule has 2 fully saturated rings. The summed E-state index contributed by atoms with van der Waals surface area (Å²) in [5.74, 6) is 1.81. The Morgan fingerprint density at radius 1 is 1.30 bits per heavy atom. The fourth-order valence-corrected chi connectivity index (χ4v) is 5.41. The van der Waals surface area contributed by atoms with Crippen LogP contribution in [0.4, 0.5) is 5.69 Å². The molecule has 3 aliphatic rings. The summed E-state index contributed by atoms with van der Waals surface area (Å²) in [6, 6.07) is 4.44. The maximum Gasteiger partial charge on any atom is 0.142 e. The third kappa shape index (κ3) is 2.93. The van der Waals surface area contributed by atoms with E-state index in [2.05, 4.69) is 28.2 Å². The number of furan rings is 1. The Labute approximate surface area is 164 Å². The number of likely N-dealkylation sites (tertiary alicyclic amines) is 1. The average Bonchev–Trinajstić information content (AvgIpc) is 3.21. The van der Waals surface area contributed by atoms with E-state index in [1.807, 2.05) is 6.07 Å². The van der Waals surface area contributed by atoms with Crippen LogP contribution in [0, 0.1) is 0 Å². The molecule has 1 atom stereocenters. The molecule has 0 bridgehead atoms. The van der Waals surface area contributed by atoms with Crippen molar-refractivity contribution in [2.45, 2.75) is 56.7 Å². The molecule has 1 spiro atoms. The topological polar surface area (TPSA) is 66.5 Å². The van der Waals surface area contributed by atoms with Crippen LogP contribution in [0.1, 0.15) is 49.8 Å². The molecule has 4 N–H and O–H groups in total. The zero-order valence-corrected chi connectivity index (χ0v) is 16.4. The molecule has 0 amide bonds. The van der Waals surface area contributed by atoms with Crippen LogP contribution >= 0.6 is 11.6 Å². The second-order valence-electron chi connectivity index (χ2n) is 8.39. The fourth-order valence-electron chi connectivity index (χ4n) is 5.15. The Hall–Kier alpha value is -1.69. The first-order valence-electron chi connectivity index (χ1n) is 10.0. The van der Waals surface area contributed by atoms with Gasteiger partial charge in [0.1, 0.15) is 11.3 Å². The lowest BCUT2D eigenvalue weighted by atomic mass is 9.74. The quantitative estimate of drug-likeness (QED) is 0.719. The van der Waals surface area contributed by atoms with Gasteiger partial charge in [0.25, 0.3) is 0 Å². The number of hydrogen-bond donors (Lipinski definition) is 3. The van der Waals surface area contributed by atoms with Crippen molar-refractivity contribution in [2.75, 3.05) is 18.4 Å². The molecule has 0 radical (unpaired) electrons. The third-order valence-corrected chi connectivity index (χ3v) is 6.65. The zero-order chi connectivity index (χ0) is 18.6. The van der Waals surface area contributed by atoms with Crippen molar-refractivity contribution in [3.63, 3.8) is 0 Å². The van der Waals surface area contributed by atoms with E-state index in [-0.39, 0.29) is 11.6 Å². The van der Waals surface area contributed by atoms with Crippen molar-refractivity contribution in [1.82, 2.24) is 10.2 Å². The SMILES string of the molecule is C=C1Nc2c(Cl)cc3cc(CN4CCC(N)C4)oc3c2C2(CCCCC2)N1. The van der Waals surface area contributed by atoms with Gasteiger partial charge in [-0.15, -0.1) is 0 Å². The standard InChI is InChI=1S/C21H27ClN4O/c1-13-24-19-17(22)10-14-9-16(12-26-8-5-15(23)11-26)27-20(14)18(19)21(25-13)6-3-2-4-7-21/h9-10,15,24-25H,1-8,11-12,23H2. The number of hydrogen-bond acceptors (Lipinski definition) is 5. The highest BCUT2D eigenvalue weighted by molar-refractivity contribution is 6.34. The Morgan fingerprint density at radius 2 is 2.11 bits per heavy atom. The fraction of sp³-hybridized carbons (Fsp3) is 0.524. The molecule has 2 aromatic rings. The zero-order valence-electron chi connectivity index (χ0n) is 15.6. The Bertz CT molecular complexity index is 899. The summed E-state index contributed by atoms with van der Waals surface area (Å²) in [5.41, 5.74) is 9.02. The highest BCUT2D eigenvalue weighted by atomic mass is 35.5. The summed E-state index contributed by atoms with van der Waals surface area (Å²) in [7, 11) is 0. The highest BCUT2D eigenvalue weighted by Crippen LogP contribution is 2.49.